The van der Waals surface area contributed by atoms with E-state index in [1.54, 1.807) is 24.5 Å². The Morgan fingerprint density at radius 2 is 1.54 bits per heavy atom. The van der Waals surface area contributed by atoms with Crippen molar-refractivity contribution >= 4 is 10.8 Å². The third kappa shape index (κ3) is 6.26. The molecule has 0 aliphatic rings. The zero-order valence-corrected chi connectivity index (χ0v) is 19.1. The Morgan fingerprint density at radius 3 is 2.26 bits per heavy atom. The number of rotatable bonds is 10. The molecule has 0 spiro atoms. The van der Waals surface area contributed by atoms with Gasteiger partial charge >= 0.3 is 6.61 Å². The van der Waals surface area contributed by atoms with Crippen molar-refractivity contribution in [1.29, 1.82) is 0 Å². The fourth-order valence-electron chi connectivity index (χ4n) is 3.87. The summed E-state index contributed by atoms with van der Waals surface area (Å²) in [7, 11) is 0. The lowest BCUT2D eigenvalue weighted by Crippen LogP contribution is -2.04. The van der Waals surface area contributed by atoms with Crippen molar-refractivity contribution in [2.24, 2.45) is 0 Å². The van der Waals surface area contributed by atoms with Gasteiger partial charge in [-0.25, -0.2) is 18.7 Å². The van der Waals surface area contributed by atoms with Crippen LogP contribution in [0.1, 0.15) is 29.4 Å². The zero-order chi connectivity index (χ0) is 24.8. The summed E-state index contributed by atoms with van der Waals surface area (Å²) in [4.78, 5) is 8.62. The monoisotopic (exact) mass is 484 g/mol. The van der Waals surface area contributed by atoms with Crippen LogP contribution >= 0.6 is 0 Å². The summed E-state index contributed by atoms with van der Waals surface area (Å²) in [6, 6.07) is 13.0. The van der Waals surface area contributed by atoms with Crippen molar-refractivity contribution < 1.29 is 27.0 Å². The molecule has 0 unspecified atom stereocenters. The van der Waals surface area contributed by atoms with Gasteiger partial charge in [-0.3, -0.25) is 0 Å². The fourth-order valence-corrected chi connectivity index (χ4v) is 3.87. The quantitative estimate of drug-likeness (QED) is 0.242. The smallest absolute Gasteiger partial charge is 0.387 e. The molecule has 0 fully saturated rings. The number of aryl methyl sites for hydroxylation is 4. The zero-order valence-electron chi connectivity index (χ0n) is 19.1. The molecule has 4 nitrogen and oxygen atoms in total. The van der Waals surface area contributed by atoms with Gasteiger partial charge in [-0.05, 0) is 60.4 Å². The van der Waals surface area contributed by atoms with E-state index in [1.807, 2.05) is 25.1 Å². The summed E-state index contributed by atoms with van der Waals surface area (Å²) < 4.78 is 63.1. The second-order valence-electron chi connectivity index (χ2n) is 8.01. The Labute approximate surface area is 200 Å². The van der Waals surface area contributed by atoms with Gasteiger partial charge in [0.25, 0.3) is 0 Å². The lowest BCUT2D eigenvalue weighted by atomic mass is 9.98. The molecule has 0 radical (unpaired) electrons. The number of halogens is 4. The molecule has 4 aromatic rings. The van der Waals surface area contributed by atoms with Crippen LogP contribution in [-0.4, -0.2) is 23.2 Å². The molecule has 4 rings (SSSR count). The summed E-state index contributed by atoms with van der Waals surface area (Å²) >= 11 is 0. The number of alkyl halides is 2. The van der Waals surface area contributed by atoms with Crippen LogP contribution in [-0.2, 0) is 25.7 Å². The topological polar surface area (TPSA) is 44.2 Å². The third-order valence-electron chi connectivity index (χ3n) is 5.62. The van der Waals surface area contributed by atoms with E-state index >= 15 is 4.39 Å². The highest BCUT2D eigenvalue weighted by Gasteiger charge is 2.12. The van der Waals surface area contributed by atoms with Crippen molar-refractivity contribution in [3.05, 3.63) is 95.1 Å². The molecule has 0 atom stereocenters. The highest BCUT2D eigenvalue weighted by molar-refractivity contribution is 5.84. The van der Waals surface area contributed by atoms with Crippen molar-refractivity contribution in [1.82, 2.24) is 9.97 Å². The maximum atomic E-state index is 15.1. The summed E-state index contributed by atoms with van der Waals surface area (Å²) in [5.74, 6) is -0.353. The predicted molar refractivity (Wildman–Crippen MR) is 125 cm³/mol. The normalized spacial score (nSPS) is 11.3. The van der Waals surface area contributed by atoms with Crippen molar-refractivity contribution in [3.8, 4) is 11.5 Å². The van der Waals surface area contributed by atoms with Gasteiger partial charge in [0.1, 0.15) is 11.6 Å². The van der Waals surface area contributed by atoms with Gasteiger partial charge in [0.05, 0.1) is 19.0 Å². The SMILES string of the molecule is CCOc1cnc(CCc2ccc3c(F)c(CCc4ccc(OC(F)F)c(F)c4)ccc3c2)nc1. The van der Waals surface area contributed by atoms with Gasteiger partial charge in [-0.1, -0.05) is 36.4 Å². The lowest BCUT2D eigenvalue weighted by Gasteiger charge is -2.10. The standard InChI is InChI=1S/C27H24F4N2O2/c1-2-34-21-15-32-25(33-16-21)12-6-17-4-10-22-20(13-17)9-8-19(26(22)29)7-3-18-5-11-24(23(28)14-18)35-27(30)31/h4-5,8-11,13-16,27H,2-3,6-7,12H2,1H3. The minimum atomic E-state index is -3.09. The minimum absolute atomic E-state index is 0.318. The van der Waals surface area contributed by atoms with E-state index in [9.17, 15) is 13.2 Å². The molecule has 0 N–H and O–H groups in total. The van der Waals surface area contributed by atoms with Crippen molar-refractivity contribution in [2.75, 3.05) is 6.61 Å². The van der Waals surface area contributed by atoms with Crippen LogP contribution in [0.2, 0.25) is 0 Å². The Morgan fingerprint density at radius 1 is 0.829 bits per heavy atom. The summed E-state index contributed by atoms with van der Waals surface area (Å²) in [5.41, 5.74) is 2.11. The van der Waals surface area contributed by atoms with Crippen LogP contribution in [0.25, 0.3) is 10.8 Å². The Kier molecular flexibility index (Phi) is 7.80. The van der Waals surface area contributed by atoms with Gasteiger partial charge in [0, 0.05) is 11.8 Å². The first-order chi connectivity index (χ1) is 16.9. The van der Waals surface area contributed by atoms with Gasteiger partial charge in [0.15, 0.2) is 17.3 Å². The van der Waals surface area contributed by atoms with Gasteiger partial charge < -0.3 is 9.47 Å². The molecule has 0 bridgehead atoms. The summed E-state index contributed by atoms with van der Waals surface area (Å²) in [5, 5.41) is 1.30. The van der Waals surface area contributed by atoms with E-state index < -0.39 is 18.2 Å². The van der Waals surface area contributed by atoms with E-state index in [4.69, 9.17) is 4.74 Å². The van der Waals surface area contributed by atoms with Gasteiger partial charge in [-0.15, -0.1) is 0 Å². The molecule has 0 aliphatic carbocycles. The van der Waals surface area contributed by atoms with Crippen LogP contribution < -0.4 is 9.47 Å². The molecule has 0 aliphatic heterocycles. The predicted octanol–water partition coefficient (Wildman–Crippen LogP) is 6.48. The molecule has 1 aromatic heterocycles. The second-order valence-corrected chi connectivity index (χ2v) is 8.01. The maximum Gasteiger partial charge on any atom is 0.387 e. The lowest BCUT2D eigenvalue weighted by molar-refractivity contribution is -0.0522. The molecule has 8 heteroatoms. The molecular weight excluding hydrogens is 460 g/mol. The largest absolute Gasteiger partial charge is 0.491 e. The van der Waals surface area contributed by atoms with Crippen LogP contribution in [0, 0.1) is 11.6 Å². The first-order valence-electron chi connectivity index (χ1n) is 11.3. The van der Waals surface area contributed by atoms with Crippen molar-refractivity contribution in [3.63, 3.8) is 0 Å². The van der Waals surface area contributed by atoms with Crippen LogP contribution in [0.15, 0.2) is 60.9 Å². The average Bonchev–Trinajstić information content (AvgIpc) is 2.85. The highest BCUT2D eigenvalue weighted by Crippen LogP contribution is 2.25. The molecule has 0 saturated heterocycles. The third-order valence-corrected chi connectivity index (χ3v) is 5.62. The van der Waals surface area contributed by atoms with Crippen molar-refractivity contribution in [2.45, 2.75) is 39.2 Å². The molecule has 0 amide bonds. The van der Waals surface area contributed by atoms with E-state index in [0.29, 0.717) is 60.4 Å². The Hall–Kier alpha value is -3.68. The van der Waals surface area contributed by atoms with Gasteiger partial charge in [0.2, 0.25) is 0 Å². The maximum absolute atomic E-state index is 15.1. The average molecular weight is 484 g/mol. The fraction of sp³-hybridized carbons (Fsp3) is 0.259. The molecule has 3 aromatic carbocycles. The Balaban J connectivity index is 1.41. The van der Waals surface area contributed by atoms with Crippen LogP contribution in [0.5, 0.6) is 11.5 Å². The number of hydrogen-bond donors (Lipinski definition) is 0. The first-order valence-corrected chi connectivity index (χ1v) is 11.3. The minimum Gasteiger partial charge on any atom is -0.491 e. The molecule has 182 valence electrons. The van der Waals surface area contributed by atoms with Gasteiger partial charge in [-0.2, -0.15) is 8.78 Å². The molecule has 0 saturated carbocycles. The molecular formula is C27H24F4N2O2. The van der Waals surface area contributed by atoms with E-state index in [1.165, 1.54) is 6.07 Å². The number of aromatic nitrogens is 2. The van der Waals surface area contributed by atoms with E-state index in [0.717, 1.165) is 23.1 Å². The summed E-state index contributed by atoms with van der Waals surface area (Å²) in [6.07, 6.45) is 5.37. The van der Waals surface area contributed by atoms with Crippen LogP contribution in [0.4, 0.5) is 17.6 Å². The van der Waals surface area contributed by atoms with E-state index in [2.05, 4.69) is 14.7 Å². The number of benzene rings is 3. The first kappa shape index (κ1) is 24.4. The second kappa shape index (κ2) is 11.2. The Bertz CT molecular complexity index is 1300. The summed E-state index contributed by atoms with van der Waals surface area (Å²) in [6.45, 7) is -0.638. The number of fused-ring (bicyclic) bond motifs is 1. The molecule has 35 heavy (non-hydrogen) atoms. The number of hydrogen-bond acceptors (Lipinski definition) is 4. The number of nitrogens with zero attached hydrogens (tertiary/aromatic N) is 2. The highest BCUT2D eigenvalue weighted by atomic mass is 19.3. The van der Waals surface area contributed by atoms with Crippen LogP contribution in [0.3, 0.4) is 0 Å². The van der Waals surface area contributed by atoms with E-state index in [-0.39, 0.29) is 5.82 Å². The molecule has 1 heterocycles. The number of ether oxygens (including phenoxy) is 2.